The summed E-state index contributed by atoms with van der Waals surface area (Å²) in [5.41, 5.74) is 0.312. The second-order valence-corrected chi connectivity index (χ2v) is 7.09. The van der Waals surface area contributed by atoms with Crippen LogP contribution < -0.4 is 10.6 Å². The van der Waals surface area contributed by atoms with Crippen molar-refractivity contribution < 1.29 is 14.4 Å². The maximum absolute atomic E-state index is 12.8. The van der Waals surface area contributed by atoms with Gasteiger partial charge in [0.15, 0.2) is 0 Å². The Hall–Kier alpha value is -2.86. The number of carbonyl (C=O) groups excluding carboxylic acids is 3. The number of rotatable bonds is 5. The van der Waals surface area contributed by atoms with Crippen molar-refractivity contribution in [2.24, 2.45) is 0 Å². The van der Waals surface area contributed by atoms with E-state index < -0.39 is 23.4 Å². The zero-order valence-electron chi connectivity index (χ0n) is 15.0. The molecular weight excluding hydrogens is 366 g/mol. The average Bonchev–Trinajstić information content (AvgIpc) is 2.87. The van der Waals surface area contributed by atoms with Crippen molar-refractivity contribution in [3.63, 3.8) is 0 Å². The molecule has 0 aromatic heterocycles. The standard InChI is InChI=1S/C20H20ClN3O3/c1-13(14-6-4-3-5-7-14)22-17(25)12-24-18(26)20(2,23-19(24)27)15-8-10-16(21)11-9-15/h3-11,13H,12H2,1-2H3,(H,22,25)(H,23,27)/t13-,20+/m0/s1. The van der Waals surface area contributed by atoms with Crippen molar-refractivity contribution in [1.82, 2.24) is 15.5 Å². The summed E-state index contributed by atoms with van der Waals surface area (Å²) < 4.78 is 0. The van der Waals surface area contributed by atoms with E-state index in [1.807, 2.05) is 37.3 Å². The minimum atomic E-state index is -1.23. The highest BCUT2D eigenvalue weighted by Crippen LogP contribution is 2.29. The number of benzene rings is 2. The van der Waals surface area contributed by atoms with E-state index in [4.69, 9.17) is 11.6 Å². The maximum atomic E-state index is 12.8. The summed E-state index contributed by atoms with van der Waals surface area (Å²) in [5, 5.41) is 6.01. The molecule has 3 rings (SSSR count). The molecule has 4 amide bonds. The molecular formula is C20H20ClN3O3. The van der Waals surface area contributed by atoms with Crippen LogP contribution in [-0.4, -0.2) is 29.3 Å². The van der Waals surface area contributed by atoms with Crippen molar-refractivity contribution in [3.8, 4) is 0 Å². The number of nitrogens with zero attached hydrogens (tertiary/aromatic N) is 1. The summed E-state index contributed by atoms with van der Waals surface area (Å²) in [6.45, 7) is 3.11. The molecule has 2 aromatic rings. The quantitative estimate of drug-likeness (QED) is 0.776. The Morgan fingerprint density at radius 1 is 1.15 bits per heavy atom. The van der Waals surface area contributed by atoms with E-state index in [1.54, 1.807) is 31.2 Å². The number of amides is 4. The molecule has 1 saturated heterocycles. The van der Waals surface area contributed by atoms with Crippen LogP contribution in [0.1, 0.15) is 31.0 Å². The Morgan fingerprint density at radius 3 is 2.41 bits per heavy atom. The lowest BCUT2D eigenvalue weighted by Gasteiger charge is -2.22. The van der Waals surface area contributed by atoms with Gasteiger partial charge in [-0.25, -0.2) is 4.79 Å². The highest BCUT2D eigenvalue weighted by molar-refractivity contribution is 6.30. The van der Waals surface area contributed by atoms with Crippen molar-refractivity contribution in [2.45, 2.75) is 25.4 Å². The number of hydrogen-bond acceptors (Lipinski definition) is 3. The summed E-state index contributed by atoms with van der Waals surface area (Å²) in [4.78, 5) is 38.5. The fraction of sp³-hybridized carbons (Fsp3) is 0.250. The lowest BCUT2D eigenvalue weighted by Crippen LogP contribution is -2.43. The molecule has 7 heteroatoms. The number of halogens is 1. The molecule has 0 unspecified atom stereocenters. The molecule has 0 bridgehead atoms. The molecule has 27 heavy (non-hydrogen) atoms. The number of carbonyl (C=O) groups is 3. The second-order valence-electron chi connectivity index (χ2n) is 6.65. The van der Waals surface area contributed by atoms with Gasteiger partial charge in [0.1, 0.15) is 12.1 Å². The van der Waals surface area contributed by atoms with Gasteiger partial charge < -0.3 is 10.6 Å². The first-order valence-electron chi connectivity index (χ1n) is 8.56. The van der Waals surface area contributed by atoms with Gasteiger partial charge in [-0.05, 0) is 37.1 Å². The SMILES string of the molecule is C[C@H](NC(=O)CN1C(=O)N[C@](C)(c2ccc(Cl)cc2)C1=O)c1ccccc1. The van der Waals surface area contributed by atoms with Gasteiger partial charge in [-0.1, -0.05) is 54.1 Å². The molecule has 1 fully saturated rings. The minimum absolute atomic E-state index is 0.234. The monoisotopic (exact) mass is 385 g/mol. The minimum Gasteiger partial charge on any atom is -0.348 e. The summed E-state index contributed by atoms with van der Waals surface area (Å²) in [7, 11) is 0. The number of nitrogens with one attached hydrogen (secondary N) is 2. The van der Waals surface area contributed by atoms with Crippen molar-refractivity contribution in [2.75, 3.05) is 6.54 Å². The van der Waals surface area contributed by atoms with E-state index >= 15 is 0 Å². The second kappa shape index (κ2) is 7.40. The molecule has 1 heterocycles. The predicted octanol–water partition coefficient (Wildman–Crippen LogP) is 2.98. The first kappa shape index (κ1) is 18.9. The summed E-state index contributed by atoms with van der Waals surface area (Å²) in [6, 6.07) is 15.3. The van der Waals surface area contributed by atoms with Gasteiger partial charge in [-0.2, -0.15) is 0 Å². The van der Waals surface area contributed by atoms with Gasteiger partial charge in [0.25, 0.3) is 5.91 Å². The van der Waals surface area contributed by atoms with Gasteiger partial charge >= 0.3 is 6.03 Å². The van der Waals surface area contributed by atoms with Gasteiger partial charge in [-0.15, -0.1) is 0 Å². The topological polar surface area (TPSA) is 78.5 Å². The van der Waals surface area contributed by atoms with E-state index in [0.717, 1.165) is 10.5 Å². The molecule has 2 aromatic carbocycles. The first-order chi connectivity index (χ1) is 12.8. The molecule has 0 aliphatic carbocycles. The van der Waals surface area contributed by atoms with E-state index in [-0.39, 0.29) is 12.6 Å². The van der Waals surface area contributed by atoms with E-state index in [9.17, 15) is 14.4 Å². The van der Waals surface area contributed by atoms with Crippen LogP contribution in [0.15, 0.2) is 54.6 Å². The number of imide groups is 1. The third-order valence-corrected chi connectivity index (χ3v) is 4.93. The van der Waals surface area contributed by atoms with Crippen LogP contribution in [0, 0.1) is 0 Å². The Kier molecular flexibility index (Phi) is 5.19. The Bertz CT molecular complexity index is 870. The lowest BCUT2D eigenvalue weighted by atomic mass is 9.92. The van der Waals surface area contributed by atoms with E-state index in [0.29, 0.717) is 10.6 Å². The fourth-order valence-corrected chi connectivity index (χ4v) is 3.20. The first-order valence-corrected chi connectivity index (χ1v) is 8.93. The van der Waals surface area contributed by atoms with Crippen LogP contribution in [0.3, 0.4) is 0 Å². The van der Waals surface area contributed by atoms with Gasteiger partial charge in [0, 0.05) is 5.02 Å². The van der Waals surface area contributed by atoms with Crippen LogP contribution in [0.4, 0.5) is 4.79 Å². The van der Waals surface area contributed by atoms with Crippen LogP contribution >= 0.6 is 11.6 Å². The summed E-state index contributed by atoms with van der Waals surface area (Å²) >= 11 is 5.89. The Balaban J connectivity index is 1.70. The van der Waals surface area contributed by atoms with Crippen molar-refractivity contribution in [1.29, 1.82) is 0 Å². The zero-order chi connectivity index (χ0) is 19.6. The molecule has 1 aliphatic heterocycles. The smallest absolute Gasteiger partial charge is 0.325 e. The Morgan fingerprint density at radius 2 is 1.78 bits per heavy atom. The lowest BCUT2D eigenvalue weighted by molar-refractivity contribution is -0.135. The predicted molar refractivity (Wildman–Crippen MR) is 102 cm³/mol. The summed E-state index contributed by atoms with van der Waals surface area (Å²) in [6.07, 6.45) is 0. The highest BCUT2D eigenvalue weighted by Gasteiger charge is 2.49. The van der Waals surface area contributed by atoms with E-state index in [1.165, 1.54) is 0 Å². The van der Waals surface area contributed by atoms with Crippen LogP contribution in [0.25, 0.3) is 0 Å². The molecule has 2 atom stereocenters. The number of urea groups is 1. The van der Waals surface area contributed by atoms with E-state index in [2.05, 4.69) is 10.6 Å². The Labute approximate surface area is 162 Å². The fourth-order valence-electron chi connectivity index (χ4n) is 3.08. The highest BCUT2D eigenvalue weighted by atomic mass is 35.5. The zero-order valence-corrected chi connectivity index (χ0v) is 15.8. The van der Waals surface area contributed by atoms with Crippen molar-refractivity contribution >= 4 is 29.4 Å². The van der Waals surface area contributed by atoms with Crippen LogP contribution in [-0.2, 0) is 15.1 Å². The third kappa shape index (κ3) is 3.80. The largest absolute Gasteiger partial charge is 0.348 e. The third-order valence-electron chi connectivity index (χ3n) is 4.68. The molecule has 0 spiro atoms. The van der Waals surface area contributed by atoms with Gasteiger partial charge in [-0.3, -0.25) is 14.5 Å². The van der Waals surface area contributed by atoms with Crippen molar-refractivity contribution in [3.05, 3.63) is 70.7 Å². The molecule has 0 radical (unpaired) electrons. The number of hydrogen-bond donors (Lipinski definition) is 2. The summed E-state index contributed by atoms with van der Waals surface area (Å²) in [5.74, 6) is -0.882. The van der Waals surface area contributed by atoms with Gasteiger partial charge in [0.2, 0.25) is 5.91 Å². The molecule has 140 valence electrons. The molecule has 6 nitrogen and oxygen atoms in total. The molecule has 0 saturated carbocycles. The van der Waals surface area contributed by atoms with Crippen LogP contribution in [0.2, 0.25) is 5.02 Å². The normalized spacial score (nSPS) is 20.3. The maximum Gasteiger partial charge on any atom is 0.325 e. The molecule has 1 aliphatic rings. The van der Waals surface area contributed by atoms with Gasteiger partial charge in [0.05, 0.1) is 6.04 Å². The van der Waals surface area contributed by atoms with Crippen LogP contribution in [0.5, 0.6) is 0 Å². The average molecular weight is 386 g/mol. The molecule has 2 N–H and O–H groups in total.